The van der Waals surface area contributed by atoms with Crippen molar-refractivity contribution in [2.75, 3.05) is 0 Å². The number of alkyl halides is 4. The second-order valence-electron chi connectivity index (χ2n) is 4.78. The molecule has 0 radical (unpaired) electrons. The summed E-state index contributed by atoms with van der Waals surface area (Å²) in [7, 11) is 0. The van der Waals surface area contributed by atoms with Crippen LogP contribution in [0.15, 0.2) is 22.2 Å². The first-order valence-electron chi connectivity index (χ1n) is 5.26. The van der Waals surface area contributed by atoms with E-state index in [9.17, 15) is 0 Å². The summed E-state index contributed by atoms with van der Waals surface area (Å²) in [6.45, 7) is 0. The van der Waals surface area contributed by atoms with Crippen molar-refractivity contribution in [1.82, 2.24) is 0 Å². The zero-order valence-electron chi connectivity index (χ0n) is 8.49. The first-order chi connectivity index (χ1) is 7.79. The van der Waals surface area contributed by atoms with Crippen molar-refractivity contribution in [3.8, 4) is 0 Å². The van der Waals surface area contributed by atoms with E-state index in [-0.39, 0.29) is 11.8 Å². The molecule has 0 aromatic carbocycles. The average molecular weight is 353 g/mol. The van der Waals surface area contributed by atoms with E-state index in [1.807, 2.05) is 0 Å². The van der Waals surface area contributed by atoms with Gasteiger partial charge in [0.05, 0.1) is 10.1 Å². The molecule has 0 unspecified atom stereocenters. The lowest BCUT2D eigenvalue weighted by molar-refractivity contribution is 0.318. The van der Waals surface area contributed by atoms with E-state index >= 15 is 0 Å². The quantitative estimate of drug-likeness (QED) is 0.403. The van der Waals surface area contributed by atoms with Gasteiger partial charge < -0.3 is 0 Å². The summed E-state index contributed by atoms with van der Waals surface area (Å²) in [6.07, 6.45) is 5.66. The predicted molar refractivity (Wildman–Crippen MR) is 75.7 cm³/mol. The molecule has 3 aliphatic carbocycles. The second kappa shape index (κ2) is 3.65. The molecule has 3 rings (SSSR count). The number of hydrogen-bond acceptors (Lipinski definition) is 0. The highest BCUT2D eigenvalue weighted by molar-refractivity contribution is 6.65. The molecule has 0 amide bonds. The van der Waals surface area contributed by atoms with Crippen molar-refractivity contribution in [1.29, 1.82) is 0 Å². The summed E-state index contributed by atoms with van der Waals surface area (Å²) in [5, 5.41) is 0.606. The molecule has 0 aromatic heterocycles. The van der Waals surface area contributed by atoms with Gasteiger partial charge in [-0.1, -0.05) is 58.6 Å². The number of rotatable bonds is 0. The lowest BCUT2D eigenvalue weighted by atomic mass is 9.75. The van der Waals surface area contributed by atoms with Gasteiger partial charge in [-0.3, -0.25) is 0 Å². The number of allylic oxidation sites excluding steroid dienone is 4. The Bertz CT molecular complexity index is 415. The van der Waals surface area contributed by atoms with Crippen LogP contribution >= 0.6 is 69.6 Å². The molecule has 1 saturated carbocycles. The summed E-state index contributed by atoms with van der Waals surface area (Å²) in [5.74, 6) is 0.0494. The Hall–Kier alpha value is 1.22. The molecule has 94 valence electrons. The zero-order chi connectivity index (χ0) is 12.6. The molecule has 0 saturated heterocycles. The standard InChI is InChI=1S/C11H8Cl6/c12-7-8(13)10(15)6-4-2-1-3-5(6)9(7,14)11(10,16)17/h1-2,5-6H,3-4H2/t5-,6+,9-,10+. The monoisotopic (exact) mass is 350 g/mol. The van der Waals surface area contributed by atoms with Crippen LogP contribution in [-0.2, 0) is 0 Å². The van der Waals surface area contributed by atoms with Crippen molar-refractivity contribution in [2.45, 2.75) is 26.9 Å². The summed E-state index contributed by atoms with van der Waals surface area (Å²) < 4.78 is -1.38. The Balaban J connectivity index is 2.28. The largest absolute Gasteiger partial charge is 0.166 e. The minimum atomic E-state index is -1.38. The molecule has 4 atom stereocenters. The van der Waals surface area contributed by atoms with Gasteiger partial charge in [-0.15, -0.1) is 23.2 Å². The van der Waals surface area contributed by atoms with E-state index < -0.39 is 14.1 Å². The summed E-state index contributed by atoms with van der Waals surface area (Å²) >= 11 is 38.6. The van der Waals surface area contributed by atoms with Crippen molar-refractivity contribution < 1.29 is 0 Å². The SMILES string of the molecule is ClC1=C(Cl)[C@]2(Cl)[C@@H]3CC=CC[C@@H]3[C@@]1(Cl)C2(Cl)Cl. The highest BCUT2D eigenvalue weighted by atomic mass is 35.5. The van der Waals surface area contributed by atoms with Crippen LogP contribution in [0.25, 0.3) is 0 Å². The second-order valence-corrected chi connectivity index (χ2v) is 8.06. The van der Waals surface area contributed by atoms with Gasteiger partial charge >= 0.3 is 0 Å². The van der Waals surface area contributed by atoms with Crippen LogP contribution in [0.3, 0.4) is 0 Å². The van der Waals surface area contributed by atoms with Crippen LogP contribution in [-0.4, -0.2) is 14.1 Å². The highest BCUT2D eigenvalue weighted by Crippen LogP contribution is 2.77. The van der Waals surface area contributed by atoms with Gasteiger partial charge in [0.1, 0.15) is 9.75 Å². The maximum atomic E-state index is 6.64. The Morgan fingerprint density at radius 1 is 0.824 bits per heavy atom. The third-order valence-corrected chi connectivity index (χ3v) is 8.55. The number of hydrogen-bond donors (Lipinski definition) is 0. The van der Waals surface area contributed by atoms with Crippen LogP contribution in [0.1, 0.15) is 12.8 Å². The maximum absolute atomic E-state index is 6.64. The molecule has 0 aromatic rings. The zero-order valence-corrected chi connectivity index (χ0v) is 13.0. The van der Waals surface area contributed by atoms with Gasteiger partial charge in [-0.2, -0.15) is 0 Å². The fourth-order valence-corrected chi connectivity index (χ4v) is 6.45. The van der Waals surface area contributed by atoms with Crippen molar-refractivity contribution in [3.05, 3.63) is 22.2 Å². The predicted octanol–water partition coefficient (Wildman–Crippen LogP) is 5.41. The van der Waals surface area contributed by atoms with E-state index in [1.54, 1.807) is 0 Å². The van der Waals surface area contributed by atoms with Crippen LogP contribution in [0.2, 0.25) is 0 Å². The molecule has 3 aliphatic rings. The molecular weight excluding hydrogens is 345 g/mol. The van der Waals surface area contributed by atoms with Gasteiger partial charge in [0.25, 0.3) is 0 Å². The molecule has 0 aliphatic heterocycles. The molecule has 0 spiro atoms. The van der Waals surface area contributed by atoms with Crippen molar-refractivity contribution >= 4 is 69.6 Å². The first-order valence-corrected chi connectivity index (χ1v) is 7.53. The average Bonchev–Trinajstić information content (AvgIpc) is 2.51. The lowest BCUT2D eigenvalue weighted by Crippen LogP contribution is -2.44. The first kappa shape index (κ1) is 13.2. The van der Waals surface area contributed by atoms with Gasteiger partial charge in [0, 0.05) is 0 Å². The minimum Gasteiger partial charge on any atom is -0.109 e. The normalized spacial score (nSPS) is 50.9. The maximum Gasteiger partial charge on any atom is 0.166 e. The number of fused-ring (bicyclic) bond motifs is 5. The Kier molecular flexibility index (Phi) is 2.84. The van der Waals surface area contributed by atoms with E-state index in [0.717, 1.165) is 12.8 Å². The van der Waals surface area contributed by atoms with Gasteiger partial charge in [-0.05, 0) is 24.7 Å². The van der Waals surface area contributed by atoms with Gasteiger partial charge in [0.2, 0.25) is 0 Å². The van der Waals surface area contributed by atoms with Crippen molar-refractivity contribution in [3.63, 3.8) is 0 Å². The number of halogens is 6. The molecule has 0 nitrogen and oxygen atoms in total. The molecular formula is C11H8Cl6. The van der Waals surface area contributed by atoms with E-state index in [2.05, 4.69) is 12.2 Å². The molecule has 17 heavy (non-hydrogen) atoms. The summed E-state index contributed by atoms with van der Waals surface area (Å²) in [6, 6.07) is 0. The molecule has 2 bridgehead atoms. The summed E-state index contributed by atoms with van der Waals surface area (Å²) in [5.41, 5.74) is 0. The van der Waals surface area contributed by atoms with Crippen LogP contribution in [0.4, 0.5) is 0 Å². The molecule has 0 N–H and O–H groups in total. The minimum absolute atomic E-state index is 0.0247. The third-order valence-electron chi connectivity index (χ3n) is 4.20. The van der Waals surface area contributed by atoms with Crippen molar-refractivity contribution in [2.24, 2.45) is 11.8 Å². The van der Waals surface area contributed by atoms with Crippen LogP contribution < -0.4 is 0 Å². The van der Waals surface area contributed by atoms with Gasteiger partial charge in [-0.25, -0.2) is 0 Å². The lowest BCUT2D eigenvalue weighted by Gasteiger charge is -2.37. The van der Waals surface area contributed by atoms with E-state index in [0.29, 0.717) is 10.1 Å². The molecule has 0 heterocycles. The Morgan fingerprint density at radius 3 is 1.53 bits per heavy atom. The smallest absolute Gasteiger partial charge is 0.109 e. The van der Waals surface area contributed by atoms with Crippen LogP contribution in [0, 0.1) is 11.8 Å². The van der Waals surface area contributed by atoms with E-state index in [1.165, 1.54) is 0 Å². The topological polar surface area (TPSA) is 0 Å². The third kappa shape index (κ3) is 1.18. The molecule has 1 fully saturated rings. The van der Waals surface area contributed by atoms with Gasteiger partial charge in [0.15, 0.2) is 4.33 Å². The Labute approximate surface area is 130 Å². The Morgan fingerprint density at radius 2 is 1.18 bits per heavy atom. The molecule has 6 heteroatoms. The highest BCUT2D eigenvalue weighted by Gasteiger charge is 2.81. The fourth-order valence-electron chi connectivity index (χ4n) is 3.34. The van der Waals surface area contributed by atoms with Crippen LogP contribution in [0.5, 0.6) is 0 Å². The fraction of sp³-hybridized carbons (Fsp3) is 0.636. The summed E-state index contributed by atoms with van der Waals surface area (Å²) in [4.78, 5) is -2.15. The van der Waals surface area contributed by atoms with E-state index in [4.69, 9.17) is 69.6 Å².